The molecule has 1 saturated heterocycles. The maximum atomic E-state index is 12.7. The highest BCUT2D eigenvalue weighted by molar-refractivity contribution is 6.02. The van der Waals surface area contributed by atoms with Gasteiger partial charge in [-0.3, -0.25) is 14.4 Å². The van der Waals surface area contributed by atoms with Gasteiger partial charge in [0.25, 0.3) is 0 Å². The summed E-state index contributed by atoms with van der Waals surface area (Å²) in [6.45, 7) is 3.94. The molecule has 1 amide bonds. The summed E-state index contributed by atoms with van der Waals surface area (Å²) in [4.78, 5) is 51.0. The van der Waals surface area contributed by atoms with Crippen molar-refractivity contribution < 1.29 is 28.7 Å². The van der Waals surface area contributed by atoms with Crippen molar-refractivity contribution in [1.82, 2.24) is 0 Å². The monoisotopic (exact) mass is 423 g/mol. The number of Topliss-reactive ketones (excluding diaryl/α,β-unsaturated/α-hetero) is 1. The third-order valence-electron chi connectivity index (χ3n) is 5.13. The largest absolute Gasteiger partial charge is 0.462 e. The summed E-state index contributed by atoms with van der Waals surface area (Å²) in [5, 5.41) is 0. The van der Waals surface area contributed by atoms with Crippen LogP contribution in [-0.4, -0.2) is 42.9 Å². The third kappa shape index (κ3) is 5.17. The number of amides is 1. The first-order valence-electron chi connectivity index (χ1n) is 10.3. The molecule has 1 heterocycles. The Kier molecular flexibility index (Phi) is 7.18. The van der Waals surface area contributed by atoms with E-state index in [1.807, 2.05) is 6.07 Å². The smallest absolute Gasteiger partial charge is 0.338 e. The summed E-state index contributed by atoms with van der Waals surface area (Å²) in [5.41, 5.74) is 1.45. The number of hydrogen-bond acceptors (Lipinski definition) is 6. The second-order valence-corrected chi connectivity index (χ2v) is 7.24. The lowest BCUT2D eigenvalue weighted by Crippen LogP contribution is -2.31. The SMILES string of the molecule is CCOC(=O)c1ccc(N2C[C@H](C(=O)O[C@H](CC)C(=O)c3ccccc3)CC2=O)cc1. The van der Waals surface area contributed by atoms with Gasteiger partial charge in [0.1, 0.15) is 0 Å². The molecule has 2 aromatic rings. The maximum absolute atomic E-state index is 12.7. The fourth-order valence-corrected chi connectivity index (χ4v) is 3.45. The van der Waals surface area contributed by atoms with Crippen LogP contribution >= 0.6 is 0 Å². The van der Waals surface area contributed by atoms with Crippen LogP contribution in [0.1, 0.15) is 47.4 Å². The van der Waals surface area contributed by atoms with Crippen LogP contribution in [0, 0.1) is 5.92 Å². The number of benzene rings is 2. The van der Waals surface area contributed by atoms with Crippen LogP contribution < -0.4 is 4.90 Å². The lowest BCUT2D eigenvalue weighted by molar-refractivity contribution is -0.151. The Balaban J connectivity index is 1.64. The molecule has 1 aliphatic heterocycles. The summed E-state index contributed by atoms with van der Waals surface area (Å²) in [6.07, 6.45) is -0.531. The normalized spacial score (nSPS) is 16.6. The van der Waals surface area contributed by atoms with Gasteiger partial charge in [0.15, 0.2) is 6.10 Å². The van der Waals surface area contributed by atoms with Crippen LogP contribution in [0.5, 0.6) is 0 Å². The molecule has 31 heavy (non-hydrogen) atoms. The molecule has 0 bridgehead atoms. The van der Waals surface area contributed by atoms with E-state index in [9.17, 15) is 19.2 Å². The van der Waals surface area contributed by atoms with Crippen molar-refractivity contribution in [2.24, 2.45) is 5.92 Å². The van der Waals surface area contributed by atoms with E-state index in [2.05, 4.69) is 0 Å². The van der Waals surface area contributed by atoms with Gasteiger partial charge >= 0.3 is 11.9 Å². The molecule has 0 spiro atoms. The zero-order valence-corrected chi connectivity index (χ0v) is 17.6. The quantitative estimate of drug-likeness (QED) is 0.477. The summed E-state index contributed by atoms with van der Waals surface area (Å²) < 4.78 is 10.4. The molecule has 0 radical (unpaired) electrons. The van der Waals surface area contributed by atoms with E-state index in [-0.39, 0.29) is 31.3 Å². The van der Waals surface area contributed by atoms with Gasteiger partial charge in [-0.15, -0.1) is 0 Å². The highest BCUT2D eigenvalue weighted by Gasteiger charge is 2.37. The zero-order chi connectivity index (χ0) is 22.4. The van der Waals surface area contributed by atoms with Crippen LogP contribution in [0.15, 0.2) is 54.6 Å². The van der Waals surface area contributed by atoms with E-state index in [4.69, 9.17) is 9.47 Å². The number of nitrogens with zero attached hydrogens (tertiary/aromatic N) is 1. The van der Waals surface area contributed by atoms with Gasteiger partial charge in [0.2, 0.25) is 11.7 Å². The van der Waals surface area contributed by atoms with E-state index < -0.39 is 24.0 Å². The standard InChI is InChI=1S/C24H25NO6/c1-3-20(22(27)16-8-6-5-7-9-16)31-24(29)18-14-21(26)25(15-18)19-12-10-17(11-13-19)23(28)30-4-2/h5-13,18,20H,3-4,14-15H2,1-2H3/t18-,20-/m1/s1. The molecule has 2 atom stereocenters. The first kappa shape index (κ1) is 22.2. The van der Waals surface area contributed by atoms with Crippen molar-refractivity contribution in [3.05, 3.63) is 65.7 Å². The van der Waals surface area contributed by atoms with E-state index in [0.717, 1.165) is 0 Å². The minimum absolute atomic E-state index is 0.00836. The second-order valence-electron chi connectivity index (χ2n) is 7.24. The molecule has 7 heteroatoms. The van der Waals surface area contributed by atoms with E-state index in [1.54, 1.807) is 62.4 Å². The highest BCUT2D eigenvalue weighted by atomic mass is 16.5. The first-order valence-corrected chi connectivity index (χ1v) is 10.3. The third-order valence-corrected chi connectivity index (χ3v) is 5.13. The van der Waals surface area contributed by atoms with Gasteiger partial charge in [0.05, 0.1) is 18.1 Å². The molecule has 0 aliphatic carbocycles. The number of ketones is 1. The molecule has 7 nitrogen and oxygen atoms in total. The first-order chi connectivity index (χ1) is 14.9. The Hall–Kier alpha value is -3.48. The Bertz CT molecular complexity index is 954. The highest BCUT2D eigenvalue weighted by Crippen LogP contribution is 2.27. The van der Waals surface area contributed by atoms with Crippen molar-refractivity contribution in [3.8, 4) is 0 Å². The number of hydrogen-bond donors (Lipinski definition) is 0. The van der Waals surface area contributed by atoms with Gasteiger partial charge in [-0.2, -0.15) is 0 Å². The van der Waals surface area contributed by atoms with Gasteiger partial charge in [-0.1, -0.05) is 37.3 Å². The lowest BCUT2D eigenvalue weighted by atomic mass is 10.0. The molecular formula is C24H25NO6. The van der Waals surface area contributed by atoms with Gasteiger partial charge < -0.3 is 14.4 Å². The van der Waals surface area contributed by atoms with Crippen molar-refractivity contribution in [2.75, 3.05) is 18.1 Å². The number of esters is 2. The molecule has 1 fully saturated rings. The van der Waals surface area contributed by atoms with Gasteiger partial charge in [-0.05, 0) is 37.6 Å². The minimum Gasteiger partial charge on any atom is -0.462 e. The lowest BCUT2D eigenvalue weighted by Gasteiger charge is -2.19. The molecule has 162 valence electrons. The molecule has 0 saturated carbocycles. The molecular weight excluding hydrogens is 398 g/mol. The molecule has 3 rings (SSSR count). The van der Waals surface area contributed by atoms with Gasteiger partial charge in [-0.25, -0.2) is 4.79 Å². The summed E-state index contributed by atoms with van der Waals surface area (Å²) >= 11 is 0. The molecule has 0 aromatic heterocycles. The van der Waals surface area contributed by atoms with E-state index >= 15 is 0 Å². The Labute approximate surface area is 180 Å². The number of carbonyl (C=O) groups excluding carboxylic acids is 4. The maximum Gasteiger partial charge on any atom is 0.338 e. The summed E-state index contributed by atoms with van der Waals surface area (Å²) in [7, 11) is 0. The van der Waals surface area contributed by atoms with Gasteiger partial charge in [0, 0.05) is 24.2 Å². The van der Waals surface area contributed by atoms with E-state index in [0.29, 0.717) is 23.2 Å². The zero-order valence-electron chi connectivity index (χ0n) is 17.6. The number of carbonyl (C=O) groups is 4. The van der Waals surface area contributed by atoms with Crippen LogP contribution in [0.2, 0.25) is 0 Å². The Morgan fingerprint density at radius 2 is 1.68 bits per heavy atom. The molecule has 1 aliphatic rings. The van der Waals surface area contributed by atoms with Crippen molar-refractivity contribution in [3.63, 3.8) is 0 Å². The predicted molar refractivity (Wildman–Crippen MR) is 114 cm³/mol. The average molecular weight is 423 g/mol. The fourth-order valence-electron chi connectivity index (χ4n) is 3.45. The summed E-state index contributed by atoms with van der Waals surface area (Å²) in [5.74, 6) is -2.12. The molecule has 0 unspecified atom stereocenters. The number of rotatable bonds is 8. The Morgan fingerprint density at radius 3 is 2.29 bits per heavy atom. The van der Waals surface area contributed by atoms with Crippen LogP contribution in [-0.2, 0) is 19.1 Å². The predicted octanol–water partition coefficient (Wildman–Crippen LogP) is 3.42. The van der Waals surface area contributed by atoms with Crippen molar-refractivity contribution in [1.29, 1.82) is 0 Å². The average Bonchev–Trinajstić information content (AvgIpc) is 3.19. The number of anilines is 1. The topological polar surface area (TPSA) is 90.0 Å². The van der Waals surface area contributed by atoms with Crippen molar-refractivity contribution >= 4 is 29.3 Å². The summed E-state index contributed by atoms with van der Waals surface area (Å²) in [6, 6.07) is 15.1. The molecule has 0 N–H and O–H groups in total. The van der Waals surface area contributed by atoms with Crippen molar-refractivity contribution in [2.45, 2.75) is 32.8 Å². The van der Waals surface area contributed by atoms with E-state index in [1.165, 1.54) is 4.90 Å². The van der Waals surface area contributed by atoms with Crippen LogP contribution in [0.25, 0.3) is 0 Å². The fraction of sp³-hybridized carbons (Fsp3) is 0.333. The Morgan fingerprint density at radius 1 is 1.00 bits per heavy atom. The molecule has 2 aromatic carbocycles. The van der Waals surface area contributed by atoms with Crippen LogP contribution in [0.4, 0.5) is 5.69 Å². The minimum atomic E-state index is -0.886. The second kappa shape index (κ2) is 10.0. The van der Waals surface area contributed by atoms with Crippen LogP contribution in [0.3, 0.4) is 0 Å². The number of ether oxygens (including phenoxy) is 2.